The summed E-state index contributed by atoms with van der Waals surface area (Å²) < 4.78 is 101. The van der Waals surface area contributed by atoms with Crippen LogP contribution < -0.4 is 0 Å². The van der Waals surface area contributed by atoms with Crippen molar-refractivity contribution in [2.75, 3.05) is 59.5 Å². The molecule has 8 nitrogen and oxygen atoms in total. The Morgan fingerprint density at radius 2 is 1.02 bits per heavy atom. The number of halogens is 6. The van der Waals surface area contributed by atoms with Gasteiger partial charge in [0.25, 0.3) is 0 Å². The van der Waals surface area contributed by atoms with Crippen molar-refractivity contribution in [3.05, 3.63) is 24.8 Å². The van der Waals surface area contributed by atoms with Crippen molar-refractivity contribution in [1.29, 1.82) is 0 Å². The molecule has 0 radical (unpaired) electrons. The molecular formula is C27H40F6O8. The van der Waals surface area contributed by atoms with E-state index in [1.54, 1.807) is 6.08 Å². The van der Waals surface area contributed by atoms with Gasteiger partial charge in [0, 0.05) is 6.61 Å². The molecule has 0 amide bonds. The van der Waals surface area contributed by atoms with Gasteiger partial charge in [0.15, 0.2) is 0 Å². The third kappa shape index (κ3) is 22.0. The molecule has 238 valence electrons. The number of Topliss-reactive ketones (excluding diaryl/α,β-unsaturated/α-hetero) is 2. The van der Waals surface area contributed by atoms with Crippen molar-refractivity contribution in [2.45, 2.75) is 63.7 Å². The van der Waals surface area contributed by atoms with Gasteiger partial charge in [-0.2, -0.15) is 26.3 Å². The highest BCUT2D eigenvalue weighted by molar-refractivity contribution is 6.08. The monoisotopic (exact) mass is 606 g/mol. The van der Waals surface area contributed by atoms with Crippen LogP contribution in [-0.2, 0) is 38.1 Å². The lowest BCUT2D eigenvalue weighted by Crippen LogP contribution is -2.42. The first-order valence-electron chi connectivity index (χ1n) is 13.4. The van der Waals surface area contributed by atoms with Crippen LogP contribution in [0.1, 0.15) is 51.4 Å². The predicted octanol–water partition coefficient (Wildman–Crippen LogP) is 5.34. The quantitative estimate of drug-likeness (QED) is 0.0428. The standard InChI is InChI=1S/C27H40F6O8/c1-2-3-4-5-6-7-8-9-10-11-12-37-13-14-38-15-16-39-17-18-40-19-20-41-23(34)21-22(24(35)26(28,29)30)25(36)27(31,32)33/h2-4,22H,1,5-21H2/b4-3-. The van der Waals surface area contributed by atoms with Gasteiger partial charge in [0.1, 0.15) is 12.5 Å². The van der Waals surface area contributed by atoms with Gasteiger partial charge in [-0.3, -0.25) is 14.4 Å². The van der Waals surface area contributed by atoms with E-state index in [0.29, 0.717) is 26.4 Å². The largest absolute Gasteiger partial charge is 0.463 e. The molecule has 0 saturated carbocycles. The summed E-state index contributed by atoms with van der Waals surface area (Å²) in [5.74, 6) is -10.8. The molecule has 0 N–H and O–H groups in total. The number of hydrogen-bond acceptors (Lipinski definition) is 8. The van der Waals surface area contributed by atoms with Crippen LogP contribution in [0.3, 0.4) is 0 Å². The number of esters is 1. The van der Waals surface area contributed by atoms with Crippen LogP contribution in [0.2, 0.25) is 0 Å². The molecule has 0 aromatic heterocycles. The zero-order chi connectivity index (χ0) is 31.0. The van der Waals surface area contributed by atoms with E-state index in [1.165, 1.54) is 25.7 Å². The summed E-state index contributed by atoms with van der Waals surface area (Å²) >= 11 is 0. The molecular weight excluding hydrogens is 566 g/mol. The van der Waals surface area contributed by atoms with Crippen LogP contribution in [0, 0.1) is 5.92 Å². The van der Waals surface area contributed by atoms with Crippen LogP contribution in [-0.4, -0.2) is 89.4 Å². The molecule has 0 bridgehead atoms. The zero-order valence-electron chi connectivity index (χ0n) is 23.1. The molecule has 0 saturated heterocycles. The molecule has 14 heteroatoms. The fourth-order valence-electron chi connectivity index (χ4n) is 3.27. The van der Waals surface area contributed by atoms with Crippen LogP contribution in [0.4, 0.5) is 26.3 Å². The fourth-order valence-corrected chi connectivity index (χ4v) is 3.27. The number of rotatable bonds is 26. The summed E-state index contributed by atoms with van der Waals surface area (Å²) in [6.07, 6.45) is 0.791. The first kappa shape index (κ1) is 38.7. The van der Waals surface area contributed by atoms with Gasteiger partial charge in [0.2, 0.25) is 11.6 Å². The molecule has 0 rings (SSSR count). The smallest absolute Gasteiger partial charge is 0.450 e. The van der Waals surface area contributed by atoms with E-state index in [2.05, 4.69) is 17.4 Å². The highest BCUT2D eigenvalue weighted by Crippen LogP contribution is 2.29. The highest BCUT2D eigenvalue weighted by Gasteiger charge is 2.54. The SMILES string of the molecule is C=C/C=C\CCCCCCCCOCCOCCOCCOCCOC(=O)CC(C(=O)C(F)(F)F)C(=O)C(F)(F)F. The summed E-state index contributed by atoms with van der Waals surface area (Å²) in [5.41, 5.74) is 0. The fraction of sp³-hybridized carbons (Fsp3) is 0.741. The van der Waals surface area contributed by atoms with E-state index >= 15 is 0 Å². The van der Waals surface area contributed by atoms with Crippen molar-refractivity contribution in [3.8, 4) is 0 Å². The number of ketones is 2. The summed E-state index contributed by atoms with van der Waals surface area (Å²) in [7, 11) is 0. The van der Waals surface area contributed by atoms with Gasteiger partial charge in [-0.25, -0.2) is 0 Å². The van der Waals surface area contributed by atoms with E-state index in [9.17, 15) is 40.7 Å². The number of unbranched alkanes of at least 4 members (excludes halogenated alkanes) is 6. The molecule has 0 atom stereocenters. The molecule has 0 aromatic carbocycles. The van der Waals surface area contributed by atoms with E-state index in [4.69, 9.17) is 18.9 Å². The number of carbonyl (C=O) groups is 3. The third-order valence-electron chi connectivity index (χ3n) is 5.35. The normalized spacial score (nSPS) is 12.3. The second-order valence-corrected chi connectivity index (χ2v) is 8.72. The Labute approximate surface area is 236 Å². The van der Waals surface area contributed by atoms with Crippen molar-refractivity contribution in [3.63, 3.8) is 0 Å². The maximum Gasteiger partial charge on any atom is 0.450 e. The van der Waals surface area contributed by atoms with Gasteiger partial charge in [0.05, 0.1) is 52.7 Å². The summed E-state index contributed by atoms with van der Waals surface area (Å²) in [6, 6.07) is 0. The second-order valence-electron chi connectivity index (χ2n) is 8.72. The number of hydrogen-bond donors (Lipinski definition) is 0. The minimum Gasteiger partial charge on any atom is -0.463 e. The average molecular weight is 607 g/mol. The molecule has 0 spiro atoms. The topological polar surface area (TPSA) is 97.4 Å². The molecule has 0 fully saturated rings. The van der Waals surface area contributed by atoms with Crippen molar-refractivity contribution < 1.29 is 64.4 Å². The van der Waals surface area contributed by atoms with Gasteiger partial charge < -0.3 is 23.7 Å². The lowest BCUT2D eigenvalue weighted by Gasteiger charge is -2.17. The molecule has 0 aliphatic rings. The Morgan fingerprint density at radius 3 is 1.49 bits per heavy atom. The molecule has 41 heavy (non-hydrogen) atoms. The molecule has 0 aromatic rings. The maximum atomic E-state index is 12.5. The van der Waals surface area contributed by atoms with E-state index < -0.39 is 48.8 Å². The maximum absolute atomic E-state index is 12.5. The Morgan fingerprint density at radius 1 is 0.610 bits per heavy atom. The lowest BCUT2D eigenvalue weighted by molar-refractivity contribution is -0.191. The highest BCUT2D eigenvalue weighted by atomic mass is 19.4. The summed E-state index contributed by atoms with van der Waals surface area (Å²) in [4.78, 5) is 33.9. The Balaban J connectivity index is 3.65. The van der Waals surface area contributed by atoms with Crippen LogP contribution in [0.25, 0.3) is 0 Å². The zero-order valence-corrected chi connectivity index (χ0v) is 23.1. The van der Waals surface area contributed by atoms with Gasteiger partial charge in [-0.15, -0.1) is 0 Å². The Bertz CT molecular complexity index is 742. The van der Waals surface area contributed by atoms with Gasteiger partial charge in [-0.05, 0) is 19.3 Å². The number of carbonyl (C=O) groups excluding carboxylic acids is 3. The molecule has 0 heterocycles. The van der Waals surface area contributed by atoms with E-state index in [0.717, 1.165) is 19.3 Å². The predicted molar refractivity (Wildman–Crippen MR) is 136 cm³/mol. The number of allylic oxidation sites excluding steroid dienone is 3. The third-order valence-corrected chi connectivity index (χ3v) is 5.35. The first-order chi connectivity index (χ1) is 19.4. The van der Waals surface area contributed by atoms with Crippen molar-refractivity contribution >= 4 is 17.5 Å². The first-order valence-corrected chi connectivity index (χ1v) is 13.4. The second kappa shape index (κ2) is 23.3. The van der Waals surface area contributed by atoms with Gasteiger partial charge >= 0.3 is 18.3 Å². The Kier molecular flexibility index (Phi) is 22.0. The van der Waals surface area contributed by atoms with Crippen LogP contribution in [0.5, 0.6) is 0 Å². The minimum absolute atomic E-state index is 0.0643. The minimum atomic E-state index is -5.73. The molecule has 0 aliphatic heterocycles. The Hall–Kier alpha value is -2.29. The molecule has 0 unspecified atom stereocenters. The van der Waals surface area contributed by atoms with Crippen molar-refractivity contribution in [2.24, 2.45) is 5.92 Å². The lowest BCUT2D eigenvalue weighted by atomic mass is 9.94. The summed E-state index contributed by atoms with van der Waals surface area (Å²) in [5, 5.41) is 0. The number of alkyl halides is 6. The van der Waals surface area contributed by atoms with Crippen LogP contribution >= 0.6 is 0 Å². The average Bonchev–Trinajstić information content (AvgIpc) is 2.90. The van der Waals surface area contributed by atoms with E-state index in [1.807, 2.05) is 6.08 Å². The van der Waals surface area contributed by atoms with Gasteiger partial charge in [-0.1, -0.05) is 50.5 Å². The van der Waals surface area contributed by atoms with E-state index in [-0.39, 0.29) is 26.4 Å². The van der Waals surface area contributed by atoms with Crippen LogP contribution in [0.15, 0.2) is 24.8 Å². The molecule has 0 aliphatic carbocycles. The van der Waals surface area contributed by atoms with Crippen molar-refractivity contribution in [1.82, 2.24) is 0 Å². The summed E-state index contributed by atoms with van der Waals surface area (Å²) in [6.45, 7) is 5.31. The number of ether oxygens (including phenoxy) is 5.